The summed E-state index contributed by atoms with van der Waals surface area (Å²) in [5.74, 6) is 0.717. The van der Waals surface area contributed by atoms with Crippen LogP contribution in [0.3, 0.4) is 0 Å². The van der Waals surface area contributed by atoms with Crippen molar-refractivity contribution in [2.75, 3.05) is 0 Å². The van der Waals surface area contributed by atoms with Crippen LogP contribution in [-0.4, -0.2) is 10.2 Å². The second-order valence-corrected chi connectivity index (χ2v) is 8.82. The van der Waals surface area contributed by atoms with Gasteiger partial charge in [0, 0.05) is 0 Å². The van der Waals surface area contributed by atoms with Gasteiger partial charge in [-0.3, -0.25) is 0 Å². The van der Waals surface area contributed by atoms with E-state index in [1.54, 1.807) is 6.07 Å². The molecule has 0 atom stereocenters. The van der Waals surface area contributed by atoms with E-state index in [-0.39, 0.29) is 10.8 Å². The fraction of sp³-hybridized carbons (Fsp3) is 0.455. The monoisotopic (exact) mass is 326 g/mol. The van der Waals surface area contributed by atoms with Crippen LogP contribution in [-0.2, 0) is 17.3 Å². The van der Waals surface area contributed by atoms with Crippen molar-refractivity contribution in [3.05, 3.63) is 58.1 Å². The van der Waals surface area contributed by atoms with Crippen molar-refractivity contribution in [1.82, 2.24) is 0 Å². The first-order chi connectivity index (χ1) is 10.9. The molecule has 2 N–H and O–H groups in total. The topological polar surface area (TPSA) is 40.5 Å². The van der Waals surface area contributed by atoms with Gasteiger partial charge in [-0.15, -0.1) is 0 Å². The van der Waals surface area contributed by atoms with E-state index in [0.29, 0.717) is 11.5 Å². The van der Waals surface area contributed by atoms with E-state index in [4.69, 9.17) is 0 Å². The molecular weight excluding hydrogens is 296 g/mol. The molecule has 0 radical (unpaired) electrons. The molecule has 0 aliphatic carbocycles. The van der Waals surface area contributed by atoms with Crippen LogP contribution >= 0.6 is 0 Å². The Morgan fingerprint density at radius 3 is 1.83 bits per heavy atom. The average molecular weight is 326 g/mol. The summed E-state index contributed by atoms with van der Waals surface area (Å²) in [4.78, 5) is 0. The van der Waals surface area contributed by atoms with Gasteiger partial charge in [0.15, 0.2) is 0 Å². The number of aromatic hydroxyl groups is 2. The smallest absolute Gasteiger partial charge is 0.119 e. The molecule has 0 spiro atoms. The number of hydrogen-bond acceptors (Lipinski definition) is 2. The van der Waals surface area contributed by atoms with Gasteiger partial charge in [0.05, 0.1) is 0 Å². The molecule has 2 aromatic carbocycles. The van der Waals surface area contributed by atoms with Gasteiger partial charge in [-0.25, -0.2) is 0 Å². The van der Waals surface area contributed by atoms with E-state index in [0.717, 1.165) is 23.1 Å². The Morgan fingerprint density at radius 1 is 0.750 bits per heavy atom. The van der Waals surface area contributed by atoms with Crippen molar-refractivity contribution in [3.8, 4) is 11.5 Å². The van der Waals surface area contributed by atoms with Crippen LogP contribution in [0, 0.1) is 6.92 Å². The number of hydrogen-bond donors (Lipinski definition) is 2. The molecular formula is C22H30O2. The molecule has 0 saturated heterocycles. The largest absolute Gasteiger partial charge is 0.508 e. The van der Waals surface area contributed by atoms with E-state index < -0.39 is 0 Å². The maximum atomic E-state index is 10.3. The molecule has 130 valence electrons. The van der Waals surface area contributed by atoms with Crippen LogP contribution < -0.4 is 0 Å². The number of aryl methyl sites for hydroxylation is 1. The lowest BCUT2D eigenvalue weighted by Crippen LogP contribution is -2.13. The third-order valence-corrected chi connectivity index (χ3v) is 4.53. The molecule has 2 rings (SSSR count). The highest BCUT2D eigenvalue weighted by atomic mass is 16.3. The zero-order valence-electron chi connectivity index (χ0n) is 16.0. The molecule has 0 aliphatic rings. The van der Waals surface area contributed by atoms with Crippen LogP contribution in [0.1, 0.15) is 69.4 Å². The normalized spacial score (nSPS) is 12.5. The van der Waals surface area contributed by atoms with Crippen LogP contribution in [0.4, 0.5) is 0 Å². The fourth-order valence-electron chi connectivity index (χ4n) is 3.04. The van der Waals surface area contributed by atoms with Gasteiger partial charge < -0.3 is 10.2 Å². The lowest BCUT2D eigenvalue weighted by molar-refractivity contribution is 0.446. The molecule has 2 aromatic rings. The van der Waals surface area contributed by atoms with Crippen LogP contribution in [0.2, 0.25) is 0 Å². The van der Waals surface area contributed by atoms with E-state index in [1.807, 2.05) is 19.1 Å². The standard InChI is InChI=1S/C22H30O2/c1-14-10-20(24)18(22(5,6)7)13-16(14)11-15-8-9-19(23)17(12-15)21(2,3)4/h8-10,12-13,23-24H,11H2,1-7H3. The molecule has 24 heavy (non-hydrogen) atoms. The van der Waals surface area contributed by atoms with Gasteiger partial charge in [0.2, 0.25) is 0 Å². The zero-order valence-corrected chi connectivity index (χ0v) is 16.0. The minimum absolute atomic E-state index is 0.0966. The van der Waals surface area contributed by atoms with Crippen LogP contribution in [0.5, 0.6) is 11.5 Å². The van der Waals surface area contributed by atoms with Crippen molar-refractivity contribution in [2.45, 2.75) is 65.7 Å². The molecule has 0 bridgehead atoms. The highest BCUT2D eigenvalue weighted by molar-refractivity contribution is 5.48. The summed E-state index contributed by atoms with van der Waals surface area (Å²) in [5.41, 5.74) is 5.21. The van der Waals surface area contributed by atoms with Crippen molar-refractivity contribution in [2.24, 2.45) is 0 Å². The summed E-state index contributed by atoms with van der Waals surface area (Å²) in [5, 5.41) is 20.4. The van der Waals surface area contributed by atoms with Crippen molar-refractivity contribution in [3.63, 3.8) is 0 Å². The molecule has 2 nitrogen and oxygen atoms in total. The van der Waals surface area contributed by atoms with Crippen molar-refractivity contribution in [1.29, 1.82) is 0 Å². The quantitative estimate of drug-likeness (QED) is 0.755. The highest BCUT2D eigenvalue weighted by Crippen LogP contribution is 2.35. The summed E-state index contributed by atoms with van der Waals surface area (Å²) in [7, 11) is 0. The Labute approximate surface area is 146 Å². The third kappa shape index (κ3) is 3.92. The van der Waals surface area contributed by atoms with Gasteiger partial charge in [-0.1, -0.05) is 59.7 Å². The van der Waals surface area contributed by atoms with Crippen molar-refractivity contribution < 1.29 is 10.2 Å². The SMILES string of the molecule is Cc1cc(O)c(C(C)(C)C)cc1Cc1ccc(O)c(C(C)(C)C)c1. The predicted octanol–water partition coefficient (Wildman–Crippen LogP) is 5.59. The summed E-state index contributed by atoms with van der Waals surface area (Å²) in [6.45, 7) is 14.7. The molecule has 0 fully saturated rings. The van der Waals surface area contributed by atoms with Crippen LogP contribution in [0.15, 0.2) is 30.3 Å². The zero-order chi connectivity index (χ0) is 18.3. The maximum absolute atomic E-state index is 10.3. The molecule has 0 amide bonds. The number of phenols is 2. The lowest BCUT2D eigenvalue weighted by Gasteiger charge is -2.23. The van der Waals surface area contributed by atoms with E-state index >= 15 is 0 Å². The Morgan fingerprint density at radius 2 is 1.29 bits per heavy atom. The van der Waals surface area contributed by atoms with Gasteiger partial charge in [0.1, 0.15) is 11.5 Å². The van der Waals surface area contributed by atoms with Gasteiger partial charge >= 0.3 is 0 Å². The second-order valence-electron chi connectivity index (χ2n) is 8.82. The van der Waals surface area contributed by atoms with E-state index in [2.05, 4.69) is 53.7 Å². The molecule has 0 aliphatic heterocycles. The van der Waals surface area contributed by atoms with E-state index in [9.17, 15) is 10.2 Å². The first-order valence-corrected chi connectivity index (χ1v) is 8.55. The Hall–Kier alpha value is -1.96. The Bertz CT molecular complexity index is 744. The maximum Gasteiger partial charge on any atom is 0.119 e. The summed E-state index contributed by atoms with van der Waals surface area (Å²) in [6.07, 6.45) is 0.790. The molecule has 0 saturated carbocycles. The number of rotatable bonds is 2. The first-order valence-electron chi connectivity index (χ1n) is 8.55. The minimum Gasteiger partial charge on any atom is -0.508 e. The fourth-order valence-corrected chi connectivity index (χ4v) is 3.04. The van der Waals surface area contributed by atoms with Gasteiger partial charge in [0.25, 0.3) is 0 Å². The third-order valence-electron chi connectivity index (χ3n) is 4.53. The Balaban J connectivity index is 2.46. The van der Waals surface area contributed by atoms with Gasteiger partial charge in [-0.2, -0.15) is 0 Å². The Kier molecular flexibility index (Phi) is 4.72. The summed E-state index contributed by atoms with van der Waals surface area (Å²) < 4.78 is 0. The van der Waals surface area contributed by atoms with Crippen molar-refractivity contribution >= 4 is 0 Å². The molecule has 0 aromatic heterocycles. The molecule has 2 heteroatoms. The van der Waals surface area contributed by atoms with E-state index in [1.165, 1.54) is 11.1 Å². The summed E-state index contributed by atoms with van der Waals surface area (Å²) >= 11 is 0. The van der Waals surface area contributed by atoms with Crippen LogP contribution in [0.25, 0.3) is 0 Å². The highest BCUT2D eigenvalue weighted by Gasteiger charge is 2.21. The first kappa shape index (κ1) is 18.4. The number of phenolic OH excluding ortho intramolecular Hbond substituents is 2. The average Bonchev–Trinajstić information content (AvgIpc) is 2.41. The predicted molar refractivity (Wildman–Crippen MR) is 101 cm³/mol. The number of benzene rings is 2. The lowest BCUT2D eigenvalue weighted by atomic mass is 9.82. The summed E-state index contributed by atoms with van der Waals surface area (Å²) in [6, 6.07) is 9.84. The van der Waals surface area contributed by atoms with Gasteiger partial charge in [-0.05, 0) is 64.1 Å². The molecule has 0 heterocycles. The molecule has 0 unspecified atom stereocenters. The second kappa shape index (κ2) is 6.16. The minimum atomic E-state index is -0.0991.